The molecule has 1 atom stereocenters. The molecule has 1 aromatic carbocycles. The van der Waals surface area contributed by atoms with E-state index in [4.69, 9.17) is 5.73 Å². The van der Waals surface area contributed by atoms with Gasteiger partial charge in [-0.05, 0) is 25.5 Å². The number of nitrogens with one attached hydrogen (secondary N) is 1. The Labute approximate surface area is 92.6 Å². The molecule has 1 amide bonds. The molecule has 1 rings (SSSR count). The third-order valence-electron chi connectivity index (χ3n) is 2.30. The van der Waals surface area contributed by atoms with Gasteiger partial charge in [0.25, 0.3) is 5.91 Å². The van der Waals surface area contributed by atoms with Crippen LogP contribution in [0.2, 0.25) is 0 Å². The van der Waals surface area contributed by atoms with Crippen molar-refractivity contribution in [2.24, 2.45) is 0 Å². The molecule has 0 fully saturated rings. The van der Waals surface area contributed by atoms with Crippen LogP contribution in [0.15, 0.2) is 12.1 Å². The first-order valence-corrected chi connectivity index (χ1v) is 5.01. The molecule has 0 aliphatic carbocycles. The van der Waals surface area contributed by atoms with Crippen LogP contribution in [0, 0.1) is 11.6 Å². The second-order valence-electron chi connectivity index (χ2n) is 3.64. The molecule has 0 bridgehead atoms. The van der Waals surface area contributed by atoms with Crippen LogP contribution in [0.5, 0.6) is 0 Å². The van der Waals surface area contributed by atoms with E-state index in [-0.39, 0.29) is 17.3 Å². The van der Waals surface area contributed by atoms with Crippen LogP contribution < -0.4 is 11.1 Å². The molecule has 1 aromatic rings. The number of anilines is 1. The first kappa shape index (κ1) is 12.4. The van der Waals surface area contributed by atoms with Gasteiger partial charge in [-0.3, -0.25) is 4.79 Å². The van der Waals surface area contributed by atoms with Crippen LogP contribution in [-0.4, -0.2) is 11.9 Å². The second-order valence-corrected chi connectivity index (χ2v) is 3.64. The van der Waals surface area contributed by atoms with Crippen molar-refractivity contribution < 1.29 is 13.6 Å². The summed E-state index contributed by atoms with van der Waals surface area (Å²) in [7, 11) is 0. The Kier molecular flexibility index (Phi) is 3.82. The summed E-state index contributed by atoms with van der Waals surface area (Å²) >= 11 is 0. The van der Waals surface area contributed by atoms with Gasteiger partial charge >= 0.3 is 0 Å². The van der Waals surface area contributed by atoms with E-state index >= 15 is 0 Å². The predicted octanol–water partition coefficient (Wildman–Crippen LogP) is 2.08. The minimum Gasteiger partial charge on any atom is -0.396 e. The molecular weight excluding hydrogens is 214 g/mol. The highest BCUT2D eigenvalue weighted by Crippen LogP contribution is 2.17. The van der Waals surface area contributed by atoms with Crippen LogP contribution in [0.3, 0.4) is 0 Å². The van der Waals surface area contributed by atoms with Crippen molar-refractivity contribution in [1.29, 1.82) is 0 Å². The molecule has 3 N–H and O–H groups in total. The van der Waals surface area contributed by atoms with Crippen molar-refractivity contribution in [1.82, 2.24) is 5.32 Å². The van der Waals surface area contributed by atoms with Crippen molar-refractivity contribution in [3.8, 4) is 0 Å². The zero-order chi connectivity index (χ0) is 12.3. The van der Waals surface area contributed by atoms with Crippen molar-refractivity contribution >= 4 is 11.6 Å². The monoisotopic (exact) mass is 228 g/mol. The van der Waals surface area contributed by atoms with E-state index in [9.17, 15) is 13.6 Å². The highest BCUT2D eigenvalue weighted by atomic mass is 19.1. The van der Waals surface area contributed by atoms with Crippen LogP contribution in [0.4, 0.5) is 14.5 Å². The summed E-state index contributed by atoms with van der Waals surface area (Å²) in [6.45, 7) is 3.65. The fourth-order valence-electron chi connectivity index (χ4n) is 1.18. The Bertz CT molecular complexity index is 407. The molecule has 0 radical (unpaired) electrons. The van der Waals surface area contributed by atoms with Gasteiger partial charge in [0.15, 0.2) is 5.82 Å². The van der Waals surface area contributed by atoms with Crippen molar-refractivity contribution in [2.75, 3.05) is 5.73 Å². The number of benzene rings is 1. The van der Waals surface area contributed by atoms with Crippen molar-refractivity contribution in [2.45, 2.75) is 26.3 Å². The number of carbonyl (C=O) groups excluding carboxylic acids is 1. The van der Waals surface area contributed by atoms with E-state index in [0.717, 1.165) is 12.1 Å². The molecule has 0 aliphatic heterocycles. The van der Waals surface area contributed by atoms with E-state index in [0.29, 0.717) is 6.42 Å². The molecule has 0 saturated heterocycles. The summed E-state index contributed by atoms with van der Waals surface area (Å²) in [5.41, 5.74) is 4.50. The summed E-state index contributed by atoms with van der Waals surface area (Å²) in [6.07, 6.45) is 0.707. The molecule has 88 valence electrons. The minimum absolute atomic E-state index is 0.101. The lowest BCUT2D eigenvalue weighted by molar-refractivity contribution is 0.0935. The molecule has 16 heavy (non-hydrogen) atoms. The maximum atomic E-state index is 13.4. The first-order valence-electron chi connectivity index (χ1n) is 5.01. The molecule has 3 nitrogen and oxygen atoms in total. The molecule has 5 heteroatoms. The van der Waals surface area contributed by atoms with Gasteiger partial charge in [-0.1, -0.05) is 6.92 Å². The Balaban J connectivity index is 2.99. The molecule has 0 spiro atoms. The number of carbonyl (C=O) groups is 1. The van der Waals surface area contributed by atoms with Gasteiger partial charge in [0.2, 0.25) is 0 Å². The lowest BCUT2D eigenvalue weighted by atomic mass is 10.1. The summed E-state index contributed by atoms with van der Waals surface area (Å²) < 4.78 is 26.4. The number of nitrogens with two attached hydrogens (primary N) is 1. The lowest BCUT2D eigenvalue weighted by Gasteiger charge is -2.12. The van der Waals surface area contributed by atoms with Crippen LogP contribution in [0.25, 0.3) is 0 Å². The fraction of sp³-hybridized carbons (Fsp3) is 0.364. The van der Waals surface area contributed by atoms with E-state index in [1.165, 1.54) is 0 Å². The van der Waals surface area contributed by atoms with E-state index in [2.05, 4.69) is 5.32 Å². The summed E-state index contributed by atoms with van der Waals surface area (Å²) in [5.74, 6) is -2.27. The van der Waals surface area contributed by atoms with E-state index in [1.54, 1.807) is 6.92 Å². The van der Waals surface area contributed by atoms with Gasteiger partial charge in [-0.2, -0.15) is 0 Å². The molecular formula is C11H14F2N2O. The molecule has 0 aliphatic rings. The lowest BCUT2D eigenvalue weighted by Crippen LogP contribution is -2.32. The van der Waals surface area contributed by atoms with Gasteiger partial charge in [0, 0.05) is 6.04 Å². The van der Waals surface area contributed by atoms with Crippen molar-refractivity contribution in [3.63, 3.8) is 0 Å². The average Bonchev–Trinajstić information content (AvgIpc) is 2.22. The second kappa shape index (κ2) is 4.92. The van der Waals surface area contributed by atoms with E-state index < -0.39 is 17.5 Å². The minimum atomic E-state index is -0.887. The molecule has 0 aromatic heterocycles. The number of nitrogen functional groups attached to an aromatic ring is 1. The van der Waals surface area contributed by atoms with Gasteiger partial charge < -0.3 is 11.1 Å². The van der Waals surface area contributed by atoms with Crippen LogP contribution in [-0.2, 0) is 0 Å². The zero-order valence-corrected chi connectivity index (χ0v) is 9.18. The number of halogens is 2. The van der Waals surface area contributed by atoms with Gasteiger partial charge in [-0.15, -0.1) is 0 Å². The topological polar surface area (TPSA) is 55.1 Å². The summed E-state index contributed by atoms with van der Waals surface area (Å²) in [5, 5.41) is 2.54. The predicted molar refractivity (Wildman–Crippen MR) is 58.0 cm³/mol. The Morgan fingerprint density at radius 1 is 1.50 bits per heavy atom. The maximum Gasteiger partial charge on any atom is 0.254 e. The zero-order valence-electron chi connectivity index (χ0n) is 9.18. The Hall–Kier alpha value is -1.65. The number of hydrogen-bond donors (Lipinski definition) is 2. The SMILES string of the molecule is CCC(C)NC(=O)c1cc(F)cc(N)c1F. The number of rotatable bonds is 3. The number of hydrogen-bond acceptors (Lipinski definition) is 2. The smallest absolute Gasteiger partial charge is 0.254 e. The van der Waals surface area contributed by atoms with Gasteiger partial charge in [0.05, 0.1) is 11.3 Å². The standard InChI is InChI=1S/C11H14F2N2O/c1-3-6(2)15-11(16)8-4-7(12)5-9(14)10(8)13/h4-6H,3,14H2,1-2H3,(H,15,16). The van der Waals surface area contributed by atoms with Gasteiger partial charge in [0.1, 0.15) is 5.82 Å². The van der Waals surface area contributed by atoms with Crippen LogP contribution in [0.1, 0.15) is 30.6 Å². The summed E-state index contributed by atoms with van der Waals surface area (Å²) in [6, 6.07) is 1.58. The summed E-state index contributed by atoms with van der Waals surface area (Å²) in [4.78, 5) is 11.6. The fourth-order valence-corrected chi connectivity index (χ4v) is 1.18. The normalized spacial score (nSPS) is 12.2. The van der Waals surface area contributed by atoms with Gasteiger partial charge in [-0.25, -0.2) is 8.78 Å². The largest absolute Gasteiger partial charge is 0.396 e. The highest BCUT2D eigenvalue weighted by Gasteiger charge is 2.16. The van der Waals surface area contributed by atoms with E-state index in [1.807, 2.05) is 6.92 Å². The maximum absolute atomic E-state index is 13.4. The third kappa shape index (κ3) is 2.68. The van der Waals surface area contributed by atoms with Crippen molar-refractivity contribution in [3.05, 3.63) is 29.3 Å². The van der Waals surface area contributed by atoms with Crippen LogP contribution >= 0.6 is 0 Å². The number of amides is 1. The molecule has 0 saturated carbocycles. The Morgan fingerprint density at radius 2 is 2.12 bits per heavy atom. The average molecular weight is 228 g/mol. The Morgan fingerprint density at radius 3 is 2.69 bits per heavy atom. The first-order chi connectivity index (χ1) is 7.45. The third-order valence-corrected chi connectivity index (χ3v) is 2.30. The quantitative estimate of drug-likeness (QED) is 0.778. The molecule has 1 unspecified atom stereocenters. The highest BCUT2D eigenvalue weighted by molar-refractivity contribution is 5.95. The molecule has 0 heterocycles.